The van der Waals surface area contributed by atoms with E-state index in [1.807, 2.05) is 18.2 Å². The fraction of sp³-hybridized carbons (Fsp3) is 0.650. The van der Waals surface area contributed by atoms with E-state index in [2.05, 4.69) is 16.7 Å². The Bertz CT molecular complexity index is 633. The summed E-state index contributed by atoms with van der Waals surface area (Å²) in [5, 5.41) is 0. The molecule has 0 spiro atoms. The summed E-state index contributed by atoms with van der Waals surface area (Å²) in [6.45, 7) is 6.65. The number of ether oxygens (including phenoxy) is 2. The molecule has 0 aliphatic carbocycles. The first-order valence-corrected chi connectivity index (χ1v) is 9.72. The Morgan fingerprint density at radius 2 is 1.80 bits per heavy atom. The van der Waals surface area contributed by atoms with Gasteiger partial charge in [-0.1, -0.05) is 6.92 Å². The molecule has 0 saturated carbocycles. The van der Waals surface area contributed by atoms with Crippen molar-refractivity contribution in [2.45, 2.75) is 51.1 Å². The Kier molecular flexibility index (Phi) is 4.84. The zero-order chi connectivity index (χ0) is 17.2. The molecule has 2 atom stereocenters. The second-order valence-electron chi connectivity index (χ2n) is 7.26. The van der Waals surface area contributed by atoms with Crippen molar-refractivity contribution >= 4 is 5.91 Å². The van der Waals surface area contributed by atoms with Crippen molar-refractivity contribution in [3.63, 3.8) is 0 Å². The van der Waals surface area contributed by atoms with Crippen LogP contribution in [0.2, 0.25) is 0 Å². The topological polar surface area (TPSA) is 42.0 Å². The third kappa shape index (κ3) is 3.22. The average Bonchev–Trinajstić information content (AvgIpc) is 3.24. The Labute approximate surface area is 149 Å². The summed E-state index contributed by atoms with van der Waals surface area (Å²) in [4.78, 5) is 17.8. The number of carbonyl (C=O) groups excluding carboxylic acids is 1. The smallest absolute Gasteiger partial charge is 0.254 e. The van der Waals surface area contributed by atoms with E-state index in [9.17, 15) is 4.79 Å². The maximum absolute atomic E-state index is 13.2. The molecule has 3 aliphatic rings. The lowest BCUT2D eigenvalue weighted by Crippen LogP contribution is -2.48. The molecule has 0 unspecified atom stereocenters. The number of carbonyl (C=O) groups is 1. The summed E-state index contributed by atoms with van der Waals surface area (Å²) < 4.78 is 11.4. The van der Waals surface area contributed by atoms with Gasteiger partial charge in [0.05, 0.1) is 13.2 Å². The number of likely N-dealkylation sites (N-methyl/N-ethyl adjacent to an activating group) is 1. The lowest BCUT2D eigenvalue weighted by molar-refractivity contribution is 0.0649. The van der Waals surface area contributed by atoms with Crippen LogP contribution in [0.15, 0.2) is 18.2 Å². The molecule has 5 nitrogen and oxygen atoms in total. The zero-order valence-electron chi connectivity index (χ0n) is 15.1. The van der Waals surface area contributed by atoms with E-state index >= 15 is 0 Å². The molecule has 0 bridgehead atoms. The van der Waals surface area contributed by atoms with Crippen LogP contribution in [0.3, 0.4) is 0 Å². The van der Waals surface area contributed by atoms with Crippen molar-refractivity contribution in [3.8, 4) is 11.5 Å². The Balaban J connectivity index is 1.54. The van der Waals surface area contributed by atoms with E-state index < -0.39 is 0 Å². The molecule has 0 radical (unpaired) electrons. The minimum atomic E-state index is 0.140. The first-order chi connectivity index (χ1) is 12.3. The van der Waals surface area contributed by atoms with Crippen molar-refractivity contribution in [1.29, 1.82) is 0 Å². The number of hydrogen-bond donors (Lipinski definition) is 0. The standard InChI is InChI=1S/C20H28N2O3/c1-2-21-10-3-6-16(21)17-7-4-11-22(17)20(23)15-8-9-18-19(14-15)25-13-5-12-24-18/h8-9,14,16-17H,2-7,10-13H2,1H3/t16-,17-/m1/s1. The van der Waals surface area contributed by atoms with Gasteiger partial charge in [0.1, 0.15) is 0 Å². The first-order valence-electron chi connectivity index (χ1n) is 9.72. The van der Waals surface area contributed by atoms with Gasteiger partial charge >= 0.3 is 0 Å². The number of benzene rings is 1. The van der Waals surface area contributed by atoms with E-state index in [0.29, 0.717) is 31.0 Å². The number of fused-ring (bicyclic) bond motifs is 1. The molecule has 2 fully saturated rings. The van der Waals surface area contributed by atoms with Crippen LogP contribution in [0.25, 0.3) is 0 Å². The maximum Gasteiger partial charge on any atom is 0.254 e. The third-order valence-electron chi connectivity index (χ3n) is 5.82. The molecular weight excluding hydrogens is 316 g/mol. The summed E-state index contributed by atoms with van der Waals surface area (Å²) in [6.07, 6.45) is 5.57. The molecule has 1 aromatic rings. The fourth-order valence-corrected chi connectivity index (χ4v) is 4.59. The van der Waals surface area contributed by atoms with E-state index in [0.717, 1.165) is 43.7 Å². The molecule has 2 saturated heterocycles. The Morgan fingerprint density at radius 3 is 2.64 bits per heavy atom. The van der Waals surface area contributed by atoms with Gasteiger partial charge in [-0.25, -0.2) is 0 Å². The van der Waals surface area contributed by atoms with Crippen LogP contribution in [-0.2, 0) is 0 Å². The minimum Gasteiger partial charge on any atom is -0.490 e. The van der Waals surface area contributed by atoms with Crippen molar-refractivity contribution < 1.29 is 14.3 Å². The predicted octanol–water partition coefficient (Wildman–Crippen LogP) is 2.94. The van der Waals surface area contributed by atoms with Crippen molar-refractivity contribution in [2.75, 3.05) is 32.8 Å². The first kappa shape index (κ1) is 16.7. The van der Waals surface area contributed by atoms with Crippen molar-refractivity contribution in [1.82, 2.24) is 9.80 Å². The van der Waals surface area contributed by atoms with E-state index in [-0.39, 0.29) is 5.91 Å². The quantitative estimate of drug-likeness (QED) is 0.845. The van der Waals surface area contributed by atoms with Gasteiger partial charge in [-0.05, 0) is 57.0 Å². The molecule has 25 heavy (non-hydrogen) atoms. The van der Waals surface area contributed by atoms with Crippen molar-refractivity contribution in [3.05, 3.63) is 23.8 Å². The van der Waals surface area contributed by atoms with Crippen LogP contribution in [0.4, 0.5) is 0 Å². The van der Waals surface area contributed by atoms with Crippen LogP contribution in [0.1, 0.15) is 49.4 Å². The average molecular weight is 344 g/mol. The Morgan fingerprint density at radius 1 is 1.04 bits per heavy atom. The number of nitrogens with zero attached hydrogens (tertiary/aromatic N) is 2. The maximum atomic E-state index is 13.2. The second-order valence-corrected chi connectivity index (χ2v) is 7.26. The van der Waals surface area contributed by atoms with Gasteiger partial charge in [0.2, 0.25) is 0 Å². The van der Waals surface area contributed by atoms with Crippen LogP contribution in [0.5, 0.6) is 11.5 Å². The highest BCUT2D eigenvalue weighted by Gasteiger charge is 2.39. The lowest BCUT2D eigenvalue weighted by Gasteiger charge is -2.34. The van der Waals surface area contributed by atoms with Crippen LogP contribution >= 0.6 is 0 Å². The number of likely N-dealkylation sites (tertiary alicyclic amines) is 2. The van der Waals surface area contributed by atoms with Crippen LogP contribution in [-0.4, -0.2) is 60.6 Å². The summed E-state index contributed by atoms with van der Waals surface area (Å²) in [6, 6.07) is 6.51. The SMILES string of the molecule is CCN1CCC[C@@H]1[C@H]1CCCN1C(=O)c1ccc2c(c1)OCCCO2. The Hall–Kier alpha value is -1.75. The lowest BCUT2D eigenvalue weighted by atomic mass is 10.0. The molecule has 0 aromatic heterocycles. The molecule has 4 rings (SSSR count). The van der Waals surface area contributed by atoms with E-state index in [1.54, 1.807) is 0 Å². The van der Waals surface area contributed by atoms with Crippen LogP contribution < -0.4 is 9.47 Å². The second kappa shape index (κ2) is 7.24. The van der Waals surface area contributed by atoms with Gasteiger partial charge in [0, 0.05) is 30.6 Å². The molecule has 1 amide bonds. The zero-order valence-corrected chi connectivity index (χ0v) is 15.1. The molecule has 3 heterocycles. The van der Waals surface area contributed by atoms with Crippen LogP contribution in [0, 0.1) is 0 Å². The minimum absolute atomic E-state index is 0.140. The van der Waals surface area contributed by atoms with Gasteiger partial charge in [0.25, 0.3) is 5.91 Å². The number of rotatable bonds is 3. The van der Waals surface area contributed by atoms with Gasteiger partial charge in [-0.2, -0.15) is 0 Å². The summed E-state index contributed by atoms with van der Waals surface area (Å²) in [5.41, 5.74) is 0.720. The number of amides is 1. The summed E-state index contributed by atoms with van der Waals surface area (Å²) >= 11 is 0. The highest BCUT2D eigenvalue weighted by atomic mass is 16.5. The van der Waals surface area contributed by atoms with Gasteiger partial charge in [0.15, 0.2) is 11.5 Å². The number of hydrogen-bond acceptors (Lipinski definition) is 4. The largest absolute Gasteiger partial charge is 0.490 e. The van der Waals surface area contributed by atoms with Gasteiger partial charge in [-0.15, -0.1) is 0 Å². The monoisotopic (exact) mass is 344 g/mol. The highest BCUT2D eigenvalue weighted by molar-refractivity contribution is 5.95. The van der Waals surface area contributed by atoms with Gasteiger partial charge < -0.3 is 14.4 Å². The molecular formula is C20H28N2O3. The molecule has 3 aliphatic heterocycles. The summed E-state index contributed by atoms with van der Waals surface area (Å²) in [7, 11) is 0. The van der Waals surface area contributed by atoms with E-state index in [4.69, 9.17) is 9.47 Å². The summed E-state index contributed by atoms with van der Waals surface area (Å²) in [5.74, 6) is 1.59. The van der Waals surface area contributed by atoms with Gasteiger partial charge in [-0.3, -0.25) is 9.69 Å². The predicted molar refractivity (Wildman–Crippen MR) is 96.4 cm³/mol. The normalized spacial score (nSPS) is 26.7. The van der Waals surface area contributed by atoms with E-state index in [1.165, 1.54) is 19.4 Å². The molecule has 1 aromatic carbocycles. The fourth-order valence-electron chi connectivity index (χ4n) is 4.59. The highest BCUT2D eigenvalue weighted by Crippen LogP contribution is 2.34. The molecule has 5 heteroatoms. The van der Waals surface area contributed by atoms with Crippen molar-refractivity contribution in [2.24, 2.45) is 0 Å². The molecule has 0 N–H and O–H groups in total. The molecule has 136 valence electrons. The third-order valence-corrected chi connectivity index (χ3v) is 5.82.